The van der Waals surface area contributed by atoms with Crippen molar-refractivity contribution in [1.82, 2.24) is 4.90 Å². The van der Waals surface area contributed by atoms with Crippen LogP contribution in [-0.4, -0.2) is 75.3 Å². The minimum Gasteiger partial charge on any atom is -0.507 e. The molecular formula is C30H30N2O7. The first kappa shape index (κ1) is 26.8. The van der Waals surface area contributed by atoms with Crippen LogP contribution in [0.5, 0.6) is 5.75 Å². The minimum atomic E-state index is -2.68. The topological polar surface area (TPSA) is 158 Å². The first-order valence-corrected chi connectivity index (χ1v) is 12.8. The predicted octanol–water partition coefficient (Wildman–Crippen LogP) is 0.367. The molecule has 202 valence electrons. The summed E-state index contributed by atoms with van der Waals surface area (Å²) in [6.07, 6.45) is -1.29. The third kappa shape index (κ3) is 3.98. The summed E-state index contributed by atoms with van der Waals surface area (Å²) in [4.78, 5) is 54.7. The summed E-state index contributed by atoms with van der Waals surface area (Å²) in [7, 11) is 3.22. The van der Waals surface area contributed by atoms with Crippen LogP contribution in [-0.2, 0) is 20.8 Å². The quantitative estimate of drug-likeness (QED) is 0.320. The van der Waals surface area contributed by atoms with E-state index in [1.54, 1.807) is 25.1 Å². The van der Waals surface area contributed by atoms with Gasteiger partial charge in [0.1, 0.15) is 11.7 Å². The third-order valence-electron chi connectivity index (χ3n) is 8.57. The van der Waals surface area contributed by atoms with Gasteiger partial charge in [0.25, 0.3) is 0 Å². The molecule has 2 saturated carbocycles. The number of hydrogen-bond acceptors (Lipinski definition) is 8. The fraction of sp³-hybridized carbons (Fsp3) is 0.400. The van der Waals surface area contributed by atoms with E-state index in [4.69, 9.17) is 5.73 Å². The summed E-state index contributed by atoms with van der Waals surface area (Å²) >= 11 is 0. The van der Waals surface area contributed by atoms with Crippen molar-refractivity contribution in [1.29, 1.82) is 0 Å². The molecule has 1 amide bonds. The van der Waals surface area contributed by atoms with Gasteiger partial charge in [0, 0.05) is 23.1 Å². The Labute approximate surface area is 225 Å². The molecule has 7 atom stereocenters. The lowest BCUT2D eigenvalue weighted by atomic mass is 9.52. The van der Waals surface area contributed by atoms with Gasteiger partial charge in [0.15, 0.2) is 23.0 Å². The van der Waals surface area contributed by atoms with Crippen LogP contribution >= 0.6 is 0 Å². The van der Waals surface area contributed by atoms with E-state index in [0.717, 1.165) is 11.1 Å². The molecule has 9 heteroatoms. The SMILES string of the molecule is Cc1ccc(C#Cc2ccc(O)c3c2C[C@@H]2C[C@@H]4[C@@H](N(C)C)C(O)C(C(N)=O)C(=O)[C@]4(O)C(=O)C2C3=O)cc1. The monoisotopic (exact) mass is 530 g/mol. The lowest BCUT2D eigenvalue weighted by Gasteiger charge is -2.54. The van der Waals surface area contributed by atoms with Gasteiger partial charge in [-0.25, -0.2) is 0 Å². The molecule has 0 aliphatic heterocycles. The number of primary amides is 1. The molecule has 0 spiro atoms. The molecule has 0 bridgehead atoms. The zero-order valence-electron chi connectivity index (χ0n) is 21.8. The van der Waals surface area contributed by atoms with E-state index in [-0.39, 0.29) is 24.2 Å². The average Bonchev–Trinajstić information content (AvgIpc) is 2.86. The molecular weight excluding hydrogens is 500 g/mol. The van der Waals surface area contributed by atoms with Crippen molar-refractivity contribution in [3.8, 4) is 17.6 Å². The Morgan fingerprint density at radius 3 is 2.33 bits per heavy atom. The maximum absolute atomic E-state index is 13.9. The number of amides is 1. The molecule has 9 nitrogen and oxygen atoms in total. The van der Waals surface area contributed by atoms with Crippen molar-refractivity contribution in [3.63, 3.8) is 0 Å². The lowest BCUT2D eigenvalue weighted by Crippen LogP contribution is -2.75. The summed E-state index contributed by atoms with van der Waals surface area (Å²) in [5.74, 6) is -3.12. The Hall–Kier alpha value is -3.84. The number of fused-ring (bicyclic) bond motifs is 3. The highest BCUT2D eigenvalue weighted by molar-refractivity contribution is 6.25. The predicted molar refractivity (Wildman–Crippen MR) is 140 cm³/mol. The largest absolute Gasteiger partial charge is 0.507 e. The number of nitrogens with zero attached hydrogens (tertiary/aromatic N) is 1. The Morgan fingerprint density at radius 2 is 1.72 bits per heavy atom. The van der Waals surface area contributed by atoms with Crippen molar-refractivity contribution in [2.24, 2.45) is 29.4 Å². The molecule has 3 aliphatic rings. The van der Waals surface area contributed by atoms with E-state index in [1.165, 1.54) is 6.07 Å². The van der Waals surface area contributed by atoms with Crippen molar-refractivity contribution in [2.45, 2.75) is 37.5 Å². The summed E-state index contributed by atoms with van der Waals surface area (Å²) in [5, 5.41) is 33.3. The number of nitrogens with two attached hydrogens (primary N) is 1. The van der Waals surface area contributed by atoms with E-state index in [1.807, 2.05) is 31.2 Å². The molecule has 0 heterocycles. The van der Waals surface area contributed by atoms with E-state index in [2.05, 4.69) is 11.8 Å². The Bertz CT molecular complexity index is 1470. The number of phenolic OH excluding ortho intramolecular Hbond substituents is 1. The average molecular weight is 531 g/mol. The number of ketones is 3. The lowest BCUT2D eigenvalue weighted by molar-refractivity contribution is -0.190. The first-order chi connectivity index (χ1) is 18.4. The van der Waals surface area contributed by atoms with Crippen molar-refractivity contribution in [3.05, 3.63) is 64.2 Å². The second-order valence-corrected chi connectivity index (χ2v) is 11.1. The number of likely N-dealkylation sites (N-methyl/N-ethyl adjacent to an activating group) is 1. The zero-order chi connectivity index (χ0) is 28.4. The van der Waals surface area contributed by atoms with Gasteiger partial charge in [-0.2, -0.15) is 0 Å². The van der Waals surface area contributed by atoms with Gasteiger partial charge >= 0.3 is 0 Å². The number of carbonyl (C=O) groups excluding carboxylic acids is 4. The van der Waals surface area contributed by atoms with Crippen LogP contribution < -0.4 is 5.73 Å². The highest BCUT2D eigenvalue weighted by atomic mass is 16.3. The summed E-state index contributed by atoms with van der Waals surface area (Å²) < 4.78 is 0. The molecule has 2 aromatic rings. The van der Waals surface area contributed by atoms with Gasteiger partial charge in [-0.15, -0.1) is 0 Å². The molecule has 2 fully saturated rings. The molecule has 5 N–H and O–H groups in total. The summed E-state index contributed by atoms with van der Waals surface area (Å²) in [6.45, 7) is 1.97. The Balaban J connectivity index is 1.60. The highest BCUT2D eigenvalue weighted by Gasteiger charge is 2.69. The van der Waals surface area contributed by atoms with Crippen LogP contribution in [0.15, 0.2) is 36.4 Å². The van der Waals surface area contributed by atoms with Crippen LogP contribution in [0, 0.1) is 42.4 Å². The number of benzene rings is 2. The van der Waals surface area contributed by atoms with Gasteiger partial charge < -0.3 is 26.0 Å². The zero-order valence-corrected chi connectivity index (χ0v) is 21.8. The number of phenols is 1. The standard InChI is InChI=1S/C30H30N2O7/c1-14-4-6-15(7-5-14)8-9-16-10-11-20(33)22-18(16)12-17-13-19-24(32(2)3)26(35)23(29(31)38)28(37)30(19,39)27(36)21(17)25(22)34/h4-7,10-11,17,19,21,23-24,26,33,35,39H,12-13H2,1-3H3,(H2,31,38)/t17-,19-,21?,23?,24-,26?,30-/m1/s1. The molecule has 0 radical (unpaired) electrons. The van der Waals surface area contributed by atoms with Crippen LogP contribution in [0.4, 0.5) is 0 Å². The van der Waals surface area contributed by atoms with Crippen LogP contribution in [0.1, 0.15) is 39.0 Å². The number of carbonyl (C=O) groups is 4. The van der Waals surface area contributed by atoms with Crippen molar-refractivity contribution in [2.75, 3.05) is 14.1 Å². The Morgan fingerprint density at radius 1 is 1.05 bits per heavy atom. The number of rotatable bonds is 2. The Kier molecular flexibility index (Phi) is 6.46. The molecule has 0 aromatic heterocycles. The summed E-state index contributed by atoms with van der Waals surface area (Å²) in [5.41, 5.74) is 5.55. The van der Waals surface area contributed by atoms with Crippen molar-refractivity contribution >= 4 is 23.3 Å². The number of aromatic hydroxyl groups is 1. The van der Waals surface area contributed by atoms with Gasteiger partial charge in [0.2, 0.25) is 5.91 Å². The number of aliphatic hydroxyl groups excluding tert-OH is 1. The second kappa shape index (κ2) is 9.42. The van der Waals surface area contributed by atoms with E-state index >= 15 is 0 Å². The number of aryl methyl sites for hydroxylation is 1. The van der Waals surface area contributed by atoms with Gasteiger partial charge in [-0.05, 0) is 69.6 Å². The first-order valence-electron chi connectivity index (χ1n) is 12.8. The molecule has 2 aromatic carbocycles. The fourth-order valence-corrected chi connectivity index (χ4v) is 6.72. The fourth-order valence-electron chi connectivity index (χ4n) is 6.72. The van der Waals surface area contributed by atoms with Gasteiger partial charge in [0.05, 0.1) is 17.6 Å². The molecule has 3 aliphatic carbocycles. The normalized spacial score (nSPS) is 31.6. The van der Waals surface area contributed by atoms with E-state index < -0.39 is 64.7 Å². The van der Waals surface area contributed by atoms with E-state index in [9.17, 15) is 34.5 Å². The molecule has 3 unspecified atom stereocenters. The summed E-state index contributed by atoms with van der Waals surface area (Å²) in [6, 6.07) is 9.64. The van der Waals surface area contributed by atoms with Crippen LogP contribution in [0.25, 0.3) is 0 Å². The van der Waals surface area contributed by atoms with Gasteiger partial charge in [-0.3, -0.25) is 19.2 Å². The number of Topliss-reactive ketones (excluding diaryl/α,β-unsaturated/α-hetero) is 3. The molecule has 39 heavy (non-hydrogen) atoms. The second-order valence-electron chi connectivity index (χ2n) is 11.1. The van der Waals surface area contributed by atoms with Gasteiger partial charge in [-0.1, -0.05) is 29.5 Å². The maximum atomic E-state index is 13.9. The molecule has 0 saturated heterocycles. The van der Waals surface area contributed by atoms with Crippen LogP contribution in [0.2, 0.25) is 0 Å². The smallest absolute Gasteiger partial charge is 0.230 e. The number of aliphatic hydroxyl groups is 2. The van der Waals surface area contributed by atoms with Crippen molar-refractivity contribution < 1.29 is 34.5 Å². The number of hydrogen-bond donors (Lipinski definition) is 4. The highest BCUT2D eigenvalue weighted by Crippen LogP contribution is 2.51. The molecule has 5 rings (SSSR count). The van der Waals surface area contributed by atoms with E-state index in [0.29, 0.717) is 11.1 Å². The third-order valence-corrected chi connectivity index (χ3v) is 8.57. The minimum absolute atomic E-state index is 0.0513. The van der Waals surface area contributed by atoms with Crippen LogP contribution in [0.3, 0.4) is 0 Å². The maximum Gasteiger partial charge on any atom is 0.230 e.